The molecule has 12 heteroatoms. The fourth-order valence-corrected chi connectivity index (χ4v) is 2.92. The first kappa shape index (κ1) is 28.7. The molecule has 0 radical (unpaired) electrons. The van der Waals surface area contributed by atoms with Crippen molar-refractivity contribution >= 4 is 89.0 Å². The van der Waals surface area contributed by atoms with Crippen LogP contribution in [-0.2, 0) is 17.8 Å². The van der Waals surface area contributed by atoms with Crippen LogP contribution in [0.2, 0.25) is 6.04 Å². The van der Waals surface area contributed by atoms with E-state index in [2.05, 4.69) is 0 Å². The molecular formula is C6H22CaClMgO7PSi. The monoisotopic (exact) mass is 364 g/mol. The topological polar surface area (TPSA) is 105 Å². The first-order chi connectivity index (χ1) is 7.24. The minimum absolute atomic E-state index is 0. The van der Waals surface area contributed by atoms with E-state index in [4.69, 9.17) is 44.1 Å². The van der Waals surface area contributed by atoms with Gasteiger partial charge in [-0.2, -0.15) is 0 Å². The maximum atomic E-state index is 8.88. The molecule has 0 aliphatic heterocycles. The van der Waals surface area contributed by atoms with Crippen molar-refractivity contribution in [3.05, 3.63) is 0 Å². The summed E-state index contributed by atoms with van der Waals surface area (Å²) in [6, 6.07) is 0.778. The van der Waals surface area contributed by atoms with Gasteiger partial charge in [-0.05, 0) is 6.42 Å². The van der Waals surface area contributed by atoms with E-state index in [1.807, 2.05) is 0 Å². The standard InChI is InChI=1S/C6H15ClO3Si.Ca.Mg.H3O4P.4H/c1-8-11(9-2,10-3)6-4-5-7;;;1-5(2,3)4;;;;/h4-6H2,1-3H3;;;(H3,1,2,3,4);;;;/q;2*+2;;4*-1. The van der Waals surface area contributed by atoms with Gasteiger partial charge in [0.2, 0.25) is 0 Å². The van der Waals surface area contributed by atoms with E-state index >= 15 is 0 Å². The molecule has 0 saturated carbocycles. The second-order valence-corrected chi connectivity index (χ2v) is 7.10. The molecule has 3 N–H and O–H groups in total. The molecule has 0 saturated heterocycles. The van der Waals surface area contributed by atoms with Crippen molar-refractivity contribution in [2.24, 2.45) is 0 Å². The zero-order valence-corrected chi connectivity index (χ0v) is 17.1. The van der Waals surface area contributed by atoms with Crippen LogP contribution in [0, 0.1) is 0 Å². The normalized spacial score (nSPS) is 10.6. The van der Waals surface area contributed by atoms with Gasteiger partial charge in [0.05, 0.1) is 0 Å². The second kappa shape index (κ2) is 15.9. The van der Waals surface area contributed by atoms with Crippen molar-refractivity contribution in [2.45, 2.75) is 12.5 Å². The fraction of sp³-hybridized carbons (Fsp3) is 1.00. The molecule has 0 aliphatic rings. The van der Waals surface area contributed by atoms with Crippen LogP contribution in [-0.4, -0.2) is 111 Å². The average Bonchev–Trinajstić information content (AvgIpc) is 2.19. The van der Waals surface area contributed by atoms with Gasteiger partial charge in [0.1, 0.15) is 0 Å². The van der Waals surface area contributed by atoms with Gasteiger partial charge in [-0.25, -0.2) is 4.57 Å². The van der Waals surface area contributed by atoms with Crippen LogP contribution in [0.3, 0.4) is 0 Å². The van der Waals surface area contributed by atoms with Crippen molar-refractivity contribution in [2.75, 3.05) is 27.2 Å². The third-order valence-electron chi connectivity index (χ3n) is 1.55. The first-order valence-corrected chi connectivity index (χ1v) is 8.27. The Balaban J connectivity index is -0.0000000267. The summed E-state index contributed by atoms with van der Waals surface area (Å²) in [4.78, 5) is 21.6. The summed E-state index contributed by atoms with van der Waals surface area (Å²) in [6.45, 7) is 0. The van der Waals surface area contributed by atoms with Crippen LogP contribution in [0.5, 0.6) is 0 Å². The zero-order chi connectivity index (χ0) is 13.2. The van der Waals surface area contributed by atoms with E-state index in [0.29, 0.717) is 5.88 Å². The third-order valence-corrected chi connectivity index (χ3v) is 4.65. The van der Waals surface area contributed by atoms with E-state index in [-0.39, 0.29) is 66.5 Å². The van der Waals surface area contributed by atoms with Gasteiger partial charge in [0.25, 0.3) is 0 Å². The summed E-state index contributed by atoms with van der Waals surface area (Å²) in [7, 11) is -2.15. The quantitative estimate of drug-likeness (QED) is 0.352. The molecule has 0 fully saturated rings. The number of alkyl halides is 1. The summed E-state index contributed by atoms with van der Waals surface area (Å²) < 4.78 is 24.4. The average molecular weight is 365 g/mol. The molecule has 0 spiro atoms. The Bertz CT molecular complexity index is 217. The molecule has 18 heavy (non-hydrogen) atoms. The van der Waals surface area contributed by atoms with Gasteiger partial charge in [-0.1, -0.05) is 0 Å². The number of phosphoric acid groups is 1. The Morgan fingerprint density at radius 1 is 1.17 bits per heavy atom. The van der Waals surface area contributed by atoms with Gasteiger partial charge >= 0.3 is 77.4 Å². The van der Waals surface area contributed by atoms with Crippen LogP contribution in [0.15, 0.2) is 0 Å². The van der Waals surface area contributed by atoms with Crippen molar-refractivity contribution < 1.29 is 38.2 Å². The van der Waals surface area contributed by atoms with Crippen LogP contribution in [0.1, 0.15) is 12.1 Å². The van der Waals surface area contributed by atoms with Gasteiger partial charge < -0.3 is 33.7 Å². The number of halogens is 1. The Labute approximate surface area is 165 Å². The largest absolute Gasteiger partial charge is 2.00 e. The Hall–Kier alpha value is 2.52. The van der Waals surface area contributed by atoms with Crippen LogP contribution < -0.4 is 0 Å². The Morgan fingerprint density at radius 2 is 1.44 bits per heavy atom. The van der Waals surface area contributed by atoms with Crippen LogP contribution >= 0.6 is 19.4 Å². The molecule has 0 aromatic rings. The van der Waals surface area contributed by atoms with E-state index in [1.54, 1.807) is 21.3 Å². The molecule has 0 aliphatic carbocycles. The van der Waals surface area contributed by atoms with Gasteiger partial charge in [0.15, 0.2) is 0 Å². The molecule has 0 atom stereocenters. The van der Waals surface area contributed by atoms with E-state index in [1.165, 1.54) is 0 Å². The maximum absolute atomic E-state index is 8.88. The van der Waals surface area contributed by atoms with E-state index < -0.39 is 16.6 Å². The molecule has 0 aromatic carbocycles. The first-order valence-electron chi connectivity index (χ1n) is 4.24. The molecule has 0 bridgehead atoms. The second-order valence-electron chi connectivity index (χ2n) is 2.60. The Kier molecular flexibility index (Phi) is 25.3. The molecule has 0 unspecified atom stereocenters. The van der Waals surface area contributed by atoms with E-state index in [9.17, 15) is 0 Å². The molecule has 108 valence electrons. The smallest absolute Gasteiger partial charge is 1.00 e. The summed E-state index contributed by atoms with van der Waals surface area (Å²) in [6.07, 6.45) is 0.864. The molecular weight excluding hydrogens is 343 g/mol. The van der Waals surface area contributed by atoms with Crippen molar-refractivity contribution in [1.29, 1.82) is 0 Å². The summed E-state index contributed by atoms with van der Waals surface area (Å²) >= 11 is 5.53. The minimum Gasteiger partial charge on any atom is -1.00 e. The minimum atomic E-state index is -4.64. The van der Waals surface area contributed by atoms with Crippen molar-refractivity contribution in [3.8, 4) is 0 Å². The van der Waals surface area contributed by atoms with Crippen molar-refractivity contribution in [3.63, 3.8) is 0 Å². The van der Waals surface area contributed by atoms with Crippen molar-refractivity contribution in [1.82, 2.24) is 0 Å². The van der Waals surface area contributed by atoms with E-state index in [0.717, 1.165) is 12.5 Å². The maximum Gasteiger partial charge on any atom is 2.00 e. The SMILES string of the molecule is CO[Si](CCCCl)(OC)OC.O=P(O)(O)O.[Ca+2].[H-].[H-].[H-].[H-].[Mg+2]. The Morgan fingerprint density at radius 3 is 1.61 bits per heavy atom. The number of rotatable bonds is 6. The summed E-state index contributed by atoms with van der Waals surface area (Å²) in [5.74, 6) is 0.616. The molecule has 7 nitrogen and oxygen atoms in total. The number of hydrogen-bond donors (Lipinski definition) is 3. The van der Waals surface area contributed by atoms with Crippen LogP contribution in [0.25, 0.3) is 0 Å². The molecule has 0 heterocycles. The fourth-order valence-electron chi connectivity index (χ4n) is 0.840. The summed E-state index contributed by atoms with van der Waals surface area (Å²) in [5.41, 5.74) is 0. The third kappa shape index (κ3) is 20.8. The van der Waals surface area contributed by atoms with Gasteiger partial charge in [-0.15, -0.1) is 11.6 Å². The summed E-state index contributed by atoms with van der Waals surface area (Å²) in [5, 5.41) is 0. The van der Waals surface area contributed by atoms with Gasteiger partial charge in [-0.3, -0.25) is 0 Å². The molecule has 0 amide bonds. The van der Waals surface area contributed by atoms with Gasteiger partial charge in [0, 0.05) is 33.3 Å². The van der Waals surface area contributed by atoms with Crippen LogP contribution in [0.4, 0.5) is 0 Å². The predicted molar refractivity (Wildman–Crippen MR) is 77.1 cm³/mol. The zero-order valence-electron chi connectivity index (χ0n) is 14.8. The number of hydrogen-bond acceptors (Lipinski definition) is 4. The molecule has 0 rings (SSSR count). The predicted octanol–water partition coefficient (Wildman–Crippen LogP) is 0.253. The molecule has 0 aromatic heterocycles.